The van der Waals surface area contributed by atoms with Gasteiger partial charge in [0, 0.05) is 19.3 Å². The molecule has 2 nitrogen and oxygen atoms in total. The highest BCUT2D eigenvalue weighted by atomic mass is 127. The molecule has 4 heteroatoms. The second-order valence-electron chi connectivity index (χ2n) is 2.38. The Morgan fingerprint density at radius 1 is 1.58 bits per heavy atom. The monoisotopic (exact) mass is 339 g/mol. The molecular formula is C8H7BrINO. The van der Waals surface area contributed by atoms with Gasteiger partial charge in [-0.25, -0.2) is 0 Å². The van der Waals surface area contributed by atoms with Gasteiger partial charge in [0.25, 0.3) is 0 Å². The maximum absolute atomic E-state index is 11.1. The van der Waals surface area contributed by atoms with Gasteiger partial charge < -0.3 is 5.73 Å². The molecule has 0 aromatic heterocycles. The van der Waals surface area contributed by atoms with Gasteiger partial charge in [0.2, 0.25) is 0 Å². The molecule has 0 aliphatic carbocycles. The Kier molecular flexibility index (Phi) is 3.11. The number of nitrogens with two attached hydrogens (primary N) is 1. The fraction of sp³-hybridized carbons (Fsp3) is 0.125. The number of anilines is 1. The zero-order valence-electron chi connectivity index (χ0n) is 6.40. The average Bonchev–Trinajstić information content (AvgIpc) is 1.97. The molecule has 0 bridgehead atoms. The number of rotatable bonds is 1. The summed E-state index contributed by atoms with van der Waals surface area (Å²) in [7, 11) is 0. The molecule has 0 heterocycles. The number of carbonyl (C=O) groups excluding carboxylic acids is 1. The van der Waals surface area contributed by atoms with E-state index in [9.17, 15) is 4.79 Å². The highest BCUT2D eigenvalue weighted by Crippen LogP contribution is 2.27. The van der Waals surface area contributed by atoms with Crippen LogP contribution in [0.25, 0.3) is 0 Å². The summed E-state index contributed by atoms with van der Waals surface area (Å²) in [5.74, 6) is 0.0265. The second kappa shape index (κ2) is 3.74. The molecule has 0 aliphatic rings. The molecule has 0 fully saturated rings. The fourth-order valence-corrected chi connectivity index (χ4v) is 2.72. The summed E-state index contributed by atoms with van der Waals surface area (Å²) < 4.78 is 1.61. The van der Waals surface area contributed by atoms with Crippen molar-refractivity contribution in [1.29, 1.82) is 0 Å². The molecule has 1 aromatic rings. The molecule has 0 unspecified atom stereocenters. The fourth-order valence-electron chi connectivity index (χ4n) is 0.891. The first-order chi connectivity index (χ1) is 5.54. The number of nitrogen functional groups attached to an aromatic ring is 1. The maximum Gasteiger partial charge on any atom is 0.162 e. The van der Waals surface area contributed by atoms with Gasteiger partial charge in [0.1, 0.15) is 0 Å². The van der Waals surface area contributed by atoms with E-state index in [1.807, 2.05) is 0 Å². The Morgan fingerprint density at radius 3 is 2.58 bits per heavy atom. The lowest BCUT2D eigenvalue weighted by molar-refractivity contribution is 0.101. The molecule has 0 saturated carbocycles. The van der Waals surface area contributed by atoms with Crippen molar-refractivity contribution >= 4 is 50.0 Å². The third-order valence-corrected chi connectivity index (χ3v) is 3.30. The topological polar surface area (TPSA) is 43.1 Å². The van der Waals surface area contributed by atoms with E-state index in [0.29, 0.717) is 11.3 Å². The van der Waals surface area contributed by atoms with E-state index in [4.69, 9.17) is 5.73 Å². The van der Waals surface area contributed by atoms with Crippen LogP contribution in [0.2, 0.25) is 0 Å². The number of benzene rings is 1. The van der Waals surface area contributed by atoms with Crippen LogP contribution in [0.1, 0.15) is 17.3 Å². The normalized spacial score (nSPS) is 9.92. The van der Waals surface area contributed by atoms with Crippen LogP contribution in [0.15, 0.2) is 16.6 Å². The third kappa shape index (κ3) is 1.80. The molecule has 64 valence electrons. The predicted molar refractivity (Wildman–Crippen MR) is 61.3 cm³/mol. The van der Waals surface area contributed by atoms with E-state index in [2.05, 4.69) is 38.5 Å². The van der Waals surface area contributed by atoms with Gasteiger partial charge in [-0.3, -0.25) is 4.79 Å². The zero-order valence-corrected chi connectivity index (χ0v) is 10.1. The molecule has 0 atom stereocenters. The van der Waals surface area contributed by atoms with E-state index < -0.39 is 0 Å². The van der Waals surface area contributed by atoms with Crippen molar-refractivity contribution in [3.05, 3.63) is 25.7 Å². The summed E-state index contributed by atoms with van der Waals surface area (Å²) in [4.78, 5) is 11.1. The van der Waals surface area contributed by atoms with Crippen LogP contribution >= 0.6 is 38.5 Å². The van der Waals surface area contributed by atoms with Crippen LogP contribution in [-0.2, 0) is 0 Å². The number of halogens is 2. The van der Waals surface area contributed by atoms with E-state index in [-0.39, 0.29) is 5.78 Å². The average molecular weight is 340 g/mol. The Hall–Kier alpha value is -0.100. The molecule has 2 N–H and O–H groups in total. The summed E-state index contributed by atoms with van der Waals surface area (Å²) >= 11 is 5.37. The van der Waals surface area contributed by atoms with Crippen molar-refractivity contribution in [3.63, 3.8) is 0 Å². The minimum absolute atomic E-state index is 0.0265. The lowest BCUT2D eigenvalue weighted by Crippen LogP contribution is -2.01. The van der Waals surface area contributed by atoms with Gasteiger partial charge >= 0.3 is 0 Å². The Labute approximate surface area is 92.8 Å². The highest BCUT2D eigenvalue weighted by Gasteiger charge is 2.11. The number of carbonyl (C=O) groups is 1. The van der Waals surface area contributed by atoms with Gasteiger partial charge in [-0.05, 0) is 41.6 Å². The summed E-state index contributed by atoms with van der Waals surface area (Å²) in [6.07, 6.45) is 0. The van der Waals surface area contributed by atoms with Crippen molar-refractivity contribution in [2.24, 2.45) is 0 Å². The molecule has 0 saturated heterocycles. The summed E-state index contributed by atoms with van der Waals surface area (Å²) in [5.41, 5.74) is 6.95. The van der Waals surface area contributed by atoms with E-state index in [1.54, 1.807) is 12.1 Å². The van der Waals surface area contributed by atoms with Crippen LogP contribution < -0.4 is 5.73 Å². The maximum atomic E-state index is 11.1. The molecule has 0 radical (unpaired) electrons. The Balaban J connectivity index is 3.43. The number of Topliss-reactive ketones (excluding diaryl/α,β-unsaturated/α-hetero) is 1. The van der Waals surface area contributed by atoms with E-state index in [0.717, 1.165) is 8.04 Å². The summed E-state index contributed by atoms with van der Waals surface area (Å²) in [5, 5.41) is 0. The second-order valence-corrected chi connectivity index (χ2v) is 4.31. The summed E-state index contributed by atoms with van der Waals surface area (Å²) in [6.45, 7) is 1.53. The van der Waals surface area contributed by atoms with Crippen molar-refractivity contribution < 1.29 is 4.79 Å². The Bertz CT molecular complexity index is 338. The number of ketones is 1. The van der Waals surface area contributed by atoms with Crippen molar-refractivity contribution in [1.82, 2.24) is 0 Å². The van der Waals surface area contributed by atoms with Gasteiger partial charge in [-0.15, -0.1) is 0 Å². The van der Waals surface area contributed by atoms with Gasteiger partial charge in [0.05, 0.1) is 0 Å². The van der Waals surface area contributed by atoms with E-state index >= 15 is 0 Å². The highest BCUT2D eigenvalue weighted by molar-refractivity contribution is 14.1. The number of hydrogen-bond acceptors (Lipinski definition) is 2. The minimum atomic E-state index is 0.0265. The van der Waals surface area contributed by atoms with Crippen molar-refractivity contribution in [2.75, 3.05) is 5.73 Å². The molecule has 1 rings (SSSR count). The lowest BCUT2D eigenvalue weighted by Gasteiger charge is -2.05. The first-order valence-corrected chi connectivity index (χ1v) is 5.15. The largest absolute Gasteiger partial charge is 0.398 e. The molecule has 0 amide bonds. The smallest absolute Gasteiger partial charge is 0.162 e. The molecule has 12 heavy (non-hydrogen) atoms. The Morgan fingerprint density at radius 2 is 2.17 bits per heavy atom. The van der Waals surface area contributed by atoms with Crippen molar-refractivity contribution in [3.8, 4) is 0 Å². The lowest BCUT2D eigenvalue weighted by atomic mass is 10.1. The molecule has 1 aromatic carbocycles. The van der Waals surface area contributed by atoms with Crippen LogP contribution in [-0.4, -0.2) is 5.78 Å². The van der Waals surface area contributed by atoms with Crippen LogP contribution in [0.4, 0.5) is 5.69 Å². The third-order valence-electron chi connectivity index (χ3n) is 1.47. The minimum Gasteiger partial charge on any atom is -0.398 e. The van der Waals surface area contributed by atoms with Crippen molar-refractivity contribution in [2.45, 2.75) is 6.92 Å². The van der Waals surface area contributed by atoms with Gasteiger partial charge in [-0.2, -0.15) is 0 Å². The van der Waals surface area contributed by atoms with Crippen LogP contribution in [0.3, 0.4) is 0 Å². The van der Waals surface area contributed by atoms with E-state index in [1.165, 1.54) is 6.92 Å². The predicted octanol–water partition coefficient (Wildman–Crippen LogP) is 2.84. The molecule has 0 aliphatic heterocycles. The SMILES string of the molecule is CC(=O)c1c(Br)ccc(N)c1I. The number of hydrogen-bond donors (Lipinski definition) is 1. The standard InChI is InChI=1S/C8H7BrINO/c1-4(12)7-5(9)2-3-6(11)8(7)10/h2-3H,11H2,1H3. The van der Waals surface area contributed by atoms with Gasteiger partial charge in [0.15, 0.2) is 5.78 Å². The van der Waals surface area contributed by atoms with Crippen LogP contribution in [0, 0.1) is 3.57 Å². The zero-order chi connectivity index (χ0) is 9.30. The quantitative estimate of drug-likeness (QED) is 0.485. The molecule has 0 spiro atoms. The van der Waals surface area contributed by atoms with Gasteiger partial charge in [-0.1, -0.05) is 15.9 Å². The molecular weight excluding hydrogens is 333 g/mol. The first kappa shape index (κ1) is 9.98. The first-order valence-electron chi connectivity index (χ1n) is 3.28. The van der Waals surface area contributed by atoms with Crippen LogP contribution in [0.5, 0.6) is 0 Å². The summed E-state index contributed by atoms with van der Waals surface area (Å²) in [6, 6.07) is 3.56.